The molecule has 0 bridgehead atoms. The number of rotatable bonds is 11. The molecule has 2 atom stereocenters. The molecule has 0 heterocycles. The first kappa shape index (κ1) is 23.0. The van der Waals surface area contributed by atoms with Crippen molar-refractivity contribution in [2.75, 3.05) is 12.3 Å². The van der Waals surface area contributed by atoms with Crippen LogP contribution in [0.25, 0.3) is 0 Å². The van der Waals surface area contributed by atoms with Crippen LogP contribution in [-0.2, 0) is 19.2 Å². The van der Waals surface area contributed by atoms with Crippen molar-refractivity contribution in [2.24, 2.45) is 5.73 Å². The number of amides is 2. The average molecular weight is 443 g/mol. The Morgan fingerprint density at radius 1 is 1.25 bits per heavy atom. The van der Waals surface area contributed by atoms with Crippen molar-refractivity contribution in [3.63, 3.8) is 0 Å². The Labute approximate surface area is 149 Å². The summed E-state index contributed by atoms with van der Waals surface area (Å²) in [7, 11) is 4.47. The quantitative estimate of drug-likeness (QED) is 0.265. The van der Waals surface area contributed by atoms with Gasteiger partial charge < -0.3 is 0 Å². The van der Waals surface area contributed by atoms with Gasteiger partial charge in [-0.15, -0.1) is 0 Å². The molecule has 0 aliphatic rings. The van der Waals surface area contributed by atoms with E-state index in [0.717, 1.165) is 0 Å². The van der Waals surface area contributed by atoms with Crippen LogP contribution in [0.5, 0.6) is 0 Å². The van der Waals surface area contributed by atoms with Crippen LogP contribution in [0.2, 0.25) is 11.4 Å². The van der Waals surface area contributed by atoms with Crippen molar-refractivity contribution in [1.82, 2.24) is 10.6 Å². The third-order valence-electron chi connectivity index (χ3n) is 2.62. The molecule has 0 aromatic heterocycles. The molecule has 6 N–H and O–H groups in total. The first-order valence-electron chi connectivity index (χ1n) is 6.89. The minimum atomic E-state index is -2.29. The van der Waals surface area contributed by atoms with E-state index in [4.69, 9.17) is 26.3 Å². The van der Waals surface area contributed by atoms with Gasteiger partial charge in [0.05, 0.1) is 0 Å². The summed E-state index contributed by atoms with van der Waals surface area (Å²) in [6, 6.07) is -2.10. The van der Waals surface area contributed by atoms with Crippen molar-refractivity contribution in [1.29, 1.82) is 0 Å². The van der Waals surface area contributed by atoms with Gasteiger partial charge in [0.25, 0.3) is 0 Å². The Morgan fingerprint density at radius 3 is 2.29 bits per heavy atom. The zero-order valence-corrected chi connectivity index (χ0v) is 16.9. The monoisotopic (exact) mass is 443 g/mol. The molecule has 0 unspecified atom stereocenters. The summed E-state index contributed by atoms with van der Waals surface area (Å²) in [5.74, 6) is -3.34. The van der Waals surface area contributed by atoms with E-state index >= 15 is 0 Å². The first-order chi connectivity index (χ1) is 10.9. The fourth-order valence-electron chi connectivity index (χ4n) is 1.40. The molecule has 0 spiro atoms. The molecule has 0 fully saturated rings. The number of hydrogen-bond donors (Lipinski definition) is 5. The van der Waals surface area contributed by atoms with Crippen LogP contribution in [0.1, 0.15) is 12.8 Å². The molecule has 138 valence electrons. The van der Waals surface area contributed by atoms with Gasteiger partial charge in [0, 0.05) is 0 Å². The number of aliphatic carboxylic acids is 2. The second kappa shape index (κ2) is 10.8. The number of carboxylic acid groups (broad SMARTS) is 2. The molecule has 0 aliphatic heterocycles. The fourth-order valence-corrected chi connectivity index (χ4v) is 6.29. The maximum absolute atomic E-state index is 12.0. The second-order valence-electron chi connectivity index (χ2n) is 5.26. The molecular weight excluding hydrogens is 421 g/mol. The van der Waals surface area contributed by atoms with Crippen LogP contribution in [0.15, 0.2) is 0 Å². The molecule has 0 aliphatic carbocycles. The first-order valence-corrected chi connectivity index (χ1v) is 16.5. The zero-order valence-electron chi connectivity index (χ0n) is 13.4. The summed E-state index contributed by atoms with van der Waals surface area (Å²) >= 11 is 0. The van der Waals surface area contributed by atoms with Gasteiger partial charge in [-0.1, -0.05) is 0 Å². The van der Waals surface area contributed by atoms with Gasteiger partial charge in [-0.05, 0) is 0 Å². The molecule has 0 saturated heterocycles. The SMILES string of the molecule is C[As](C)(=S)SC[C@H](NC(=O)CC[C@H](N)C(=O)O)C(=O)NCC(=O)O. The van der Waals surface area contributed by atoms with Gasteiger partial charge in [0.15, 0.2) is 0 Å². The standard InChI is InChI=1S/C12H22AsN3O6S2/c1-13(2,23)24-6-8(11(20)15-5-10(18)19)16-9(17)4-3-7(14)12(21)22/h7-8H,3-6,14H2,1-2H3,(H,15,20)(H,16,17)(H,18,19)(H,21,22)/t7-,8-/m0/s1. The van der Waals surface area contributed by atoms with Crippen molar-refractivity contribution >= 4 is 54.9 Å². The normalized spacial score (nSPS) is 13.6. The van der Waals surface area contributed by atoms with Crippen LogP contribution in [0.3, 0.4) is 0 Å². The average Bonchev–Trinajstić information content (AvgIpc) is 2.45. The predicted octanol–water partition coefficient (Wildman–Crippen LogP) is -0.503. The minimum absolute atomic E-state index is 0.0683. The Kier molecular flexibility index (Phi) is 10.3. The molecule has 0 saturated carbocycles. The van der Waals surface area contributed by atoms with Gasteiger partial charge in [0.1, 0.15) is 0 Å². The molecule has 2 amide bonds. The number of nitrogens with two attached hydrogens (primary N) is 1. The van der Waals surface area contributed by atoms with E-state index in [2.05, 4.69) is 10.6 Å². The van der Waals surface area contributed by atoms with Crippen molar-refractivity contribution in [3.8, 4) is 0 Å². The third kappa shape index (κ3) is 11.5. The summed E-state index contributed by atoms with van der Waals surface area (Å²) in [5, 5.41) is 22.0. The topological polar surface area (TPSA) is 159 Å². The van der Waals surface area contributed by atoms with Gasteiger partial charge >= 0.3 is 149 Å². The molecule has 24 heavy (non-hydrogen) atoms. The Hall–Kier alpha value is -1.03. The van der Waals surface area contributed by atoms with E-state index in [9.17, 15) is 19.2 Å². The van der Waals surface area contributed by atoms with Crippen molar-refractivity contribution in [2.45, 2.75) is 36.3 Å². The summed E-state index contributed by atoms with van der Waals surface area (Å²) in [6.45, 7) is -0.558. The number of carboxylic acids is 2. The van der Waals surface area contributed by atoms with Gasteiger partial charge in [-0.2, -0.15) is 0 Å². The van der Waals surface area contributed by atoms with E-state index in [1.165, 1.54) is 10.0 Å². The summed E-state index contributed by atoms with van der Waals surface area (Å²) in [6.07, 6.45) is -0.223. The van der Waals surface area contributed by atoms with Gasteiger partial charge in [-0.3, -0.25) is 0 Å². The van der Waals surface area contributed by atoms with Gasteiger partial charge in [0.2, 0.25) is 0 Å². The fraction of sp³-hybridized carbons (Fsp3) is 0.667. The molecular formula is C12H22AsN3O6S2. The van der Waals surface area contributed by atoms with Crippen molar-refractivity contribution < 1.29 is 29.4 Å². The van der Waals surface area contributed by atoms with Gasteiger partial charge in [-0.25, -0.2) is 0 Å². The predicted molar refractivity (Wildman–Crippen MR) is 95.0 cm³/mol. The Bertz CT molecular complexity index is 539. The van der Waals surface area contributed by atoms with Crippen molar-refractivity contribution in [3.05, 3.63) is 0 Å². The number of carbonyl (C=O) groups excluding carboxylic acids is 2. The van der Waals surface area contributed by atoms with E-state index < -0.39 is 53.1 Å². The number of carbonyl (C=O) groups is 4. The second-order valence-corrected chi connectivity index (χ2v) is 23.4. The molecule has 9 nitrogen and oxygen atoms in total. The molecule has 0 radical (unpaired) electrons. The molecule has 0 rings (SSSR count). The molecule has 12 heteroatoms. The molecule has 0 aromatic carbocycles. The van der Waals surface area contributed by atoms with Crippen LogP contribution in [0.4, 0.5) is 0 Å². The van der Waals surface area contributed by atoms with E-state index in [0.29, 0.717) is 0 Å². The zero-order chi connectivity index (χ0) is 18.9. The van der Waals surface area contributed by atoms with E-state index in [1.807, 2.05) is 11.4 Å². The van der Waals surface area contributed by atoms with E-state index in [-0.39, 0.29) is 18.6 Å². The summed E-state index contributed by atoms with van der Waals surface area (Å²) in [4.78, 5) is 45.0. The Morgan fingerprint density at radius 2 is 1.83 bits per heavy atom. The number of nitrogens with one attached hydrogen (secondary N) is 2. The third-order valence-corrected chi connectivity index (χ3v) is 10.2. The Balaban J connectivity index is 4.70. The van der Waals surface area contributed by atoms with Crippen LogP contribution < -0.4 is 16.4 Å². The maximum atomic E-state index is 12.0. The summed E-state index contributed by atoms with van der Waals surface area (Å²) in [5.41, 5.74) is 9.17. The van der Waals surface area contributed by atoms with Crippen LogP contribution >= 0.6 is 20.4 Å². The van der Waals surface area contributed by atoms with Crippen LogP contribution in [-0.4, -0.2) is 69.1 Å². The summed E-state index contributed by atoms with van der Waals surface area (Å²) < 4.78 is 0. The molecule has 0 aromatic rings. The van der Waals surface area contributed by atoms with Crippen LogP contribution in [0, 0.1) is 0 Å². The number of hydrogen-bond acceptors (Lipinski definition) is 7. The van der Waals surface area contributed by atoms with E-state index in [1.54, 1.807) is 0 Å².